The Balaban J connectivity index is 2.75. The zero-order valence-electron chi connectivity index (χ0n) is 10.5. The maximum atomic E-state index is 12.0. The molecule has 0 heterocycles. The number of benzene rings is 1. The van der Waals surface area contributed by atoms with Crippen LogP contribution >= 0.6 is 0 Å². The monoisotopic (exact) mass is 251 g/mol. The average Bonchev–Trinajstić information content (AvgIpc) is 2.36. The van der Waals surface area contributed by atoms with Crippen molar-refractivity contribution < 1.29 is 19.4 Å². The van der Waals surface area contributed by atoms with Gasteiger partial charge in [0.25, 0.3) is 5.91 Å². The lowest BCUT2D eigenvalue weighted by molar-refractivity contribution is -0.139. The summed E-state index contributed by atoms with van der Waals surface area (Å²) in [7, 11) is 1.73. The predicted octanol–water partition coefficient (Wildman–Crippen LogP) is 1.63. The lowest BCUT2D eigenvalue weighted by Crippen LogP contribution is -2.27. The topological polar surface area (TPSA) is 66.8 Å². The summed E-state index contributed by atoms with van der Waals surface area (Å²) in [4.78, 5) is 24.0. The molecule has 5 nitrogen and oxygen atoms in total. The Morgan fingerprint density at radius 1 is 1.39 bits per heavy atom. The number of carbonyl (C=O) groups excluding carboxylic acids is 1. The van der Waals surface area contributed by atoms with Gasteiger partial charge < -0.3 is 14.7 Å². The molecule has 0 unspecified atom stereocenters. The SMILES string of the molecule is CCCN(C)C(=O)c1cccc(OCC(=O)O)c1. The number of carboxylic acid groups (broad SMARTS) is 1. The van der Waals surface area contributed by atoms with Gasteiger partial charge in [0.05, 0.1) is 0 Å². The summed E-state index contributed by atoms with van der Waals surface area (Å²) >= 11 is 0. The van der Waals surface area contributed by atoms with Gasteiger partial charge in [0, 0.05) is 19.2 Å². The van der Waals surface area contributed by atoms with Crippen LogP contribution in [0.15, 0.2) is 24.3 Å². The first-order valence-corrected chi connectivity index (χ1v) is 5.74. The first-order valence-electron chi connectivity index (χ1n) is 5.74. The van der Waals surface area contributed by atoms with Crippen LogP contribution < -0.4 is 4.74 Å². The number of amides is 1. The van der Waals surface area contributed by atoms with Gasteiger partial charge in [-0.2, -0.15) is 0 Å². The van der Waals surface area contributed by atoms with E-state index in [1.807, 2.05) is 6.92 Å². The molecule has 1 aromatic carbocycles. The molecule has 0 aliphatic carbocycles. The van der Waals surface area contributed by atoms with E-state index in [0.717, 1.165) is 6.42 Å². The van der Waals surface area contributed by atoms with Crippen LogP contribution in [0.4, 0.5) is 0 Å². The van der Waals surface area contributed by atoms with Crippen LogP contribution in [-0.4, -0.2) is 42.1 Å². The van der Waals surface area contributed by atoms with Gasteiger partial charge in [-0.1, -0.05) is 13.0 Å². The molecule has 0 bridgehead atoms. The van der Waals surface area contributed by atoms with Crippen molar-refractivity contribution in [3.8, 4) is 5.75 Å². The minimum Gasteiger partial charge on any atom is -0.482 e. The van der Waals surface area contributed by atoms with Gasteiger partial charge in [0.2, 0.25) is 0 Å². The summed E-state index contributed by atoms with van der Waals surface area (Å²) in [5.41, 5.74) is 0.494. The average molecular weight is 251 g/mol. The third-order valence-electron chi connectivity index (χ3n) is 2.35. The van der Waals surface area contributed by atoms with Crippen molar-refractivity contribution >= 4 is 11.9 Å². The van der Waals surface area contributed by atoms with E-state index >= 15 is 0 Å². The summed E-state index contributed by atoms with van der Waals surface area (Å²) in [5, 5.41) is 8.51. The zero-order chi connectivity index (χ0) is 13.5. The van der Waals surface area contributed by atoms with E-state index in [0.29, 0.717) is 17.9 Å². The quantitative estimate of drug-likeness (QED) is 0.834. The molecule has 0 spiro atoms. The summed E-state index contributed by atoms with van der Waals surface area (Å²) in [6, 6.07) is 6.53. The van der Waals surface area contributed by atoms with Crippen LogP contribution in [0, 0.1) is 0 Å². The van der Waals surface area contributed by atoms with Gasteiger partial charge in [-0.25, -0.2) is 4.79 Å². The van der Waals surface area contributed by atoms with Crippen molar-refractivity contribution in [1.82, 2.24) is 4.90 Å². The minimum atomic E-state index is -1.05. The number of aliphatic carboxylic acids is 1. The predicted molar refractivity (Wildman–Crippen MR) is 66.8 cm³/mol. The number of nitrogens with zero attached hydrogens (tertiary/aromatic N) is 1. The van der Waals surface area contributed by atoms with E-state index in [1.165, 1.54) is 0 Å². The second-order valence-corrected chi connectivity index (χ2v) is 3.94. The second kappa shape index (κ2) is 6.64. The number of carboxylic acids is 1. The summed E-state index contributed by atoms with van der Waals surface area (Å²) in [6.07, 6.45) is 0.886. The molecule has 0 saturated carbocycles. The number of hydrogen-bond acceptors (Lipinski definition) is 3. The molecule has 0 fully saturated rings. The smallest absolute Gasteiger partial charge is 0.341 e. The second-order valence-electron chi connectivity index (χ2n) is 3.94. The molecular weight excluding hydrogens is 234 g/mol. The highest BCUT2D eigenvalue weighted by atomic mass is 16.5. The van der Waals surface area contributed by atoms with Crippen molar-refractivity contribution in [1.29, 1.82) is 0 Å². The third-order valence-corrected chi connectivity index (χ3v) is 2.35. The minimum absolute atomic E-state index is 0.0994. The Hall–Kier alpha value is -2.04. The van der Waals surface area contributed by atoms with E-state index in [-0.39, 0.29) is 5.91 Å². The largest absolute Gasteiger partial charge is 0.482 e. The molecule has 0 saturated heterocycles. The summed E-state index contributed by atoms with van der Waals surface area (Å²) < 4.78 is 5.03. The number of ether oxygens (including phenoxy) is 1. The molecule has 1 amide bonds. The van der Waals surface area contributed by atoms with Gasteiger partial charge >= 0.3 is 5.97 Å². The number of hydrogen-bond donors (Lipinski definition) is 1. The van der Waals surface area contributed by atoms with Crippen molar-refractivity contribution in [2.24, 2.45) is 0 Å². The van der Waals surface area contributed by atoms with Crippen LogP contribution in [-0.2, 0) is 4.79 Å². The van der Waals surface area contributed by atoms with E-state index in [2.05, 4.69) is 0 Å². The van der Waals surface area contributed by atoms with Gasteiger partial charge in [-0.3, -0.25) is 4.79 Å². The first-order chi connectivity index (χ1) is 8.54. The Bertz CT molecular complexity index is 431. The molecule has 0 aliphatic heterocycles. The first kappa shape index (κ1) is 14.0. The molecule has 1 aromatic rings. The molecule has 98 valence electrons. The van der Waals surface area contributed by atoms with Crippen LogP contribution in [0.2, 0.25) is 0 Å². The highest BCUT2D eigenvalue weighted by molar-refractivity contribution is 5.94. The molecule has 1 rings (SSSR count). The van der Waals surface area contributed by atoms with Crippen molar-refractivity contribution in [2.75, 3.05) is 20.2 Å². The van der Waals surface area contributed by atoms with Crippen LogP contribution in [0.25, 0.3) is 0 Å². The fourth-order valence-corrected chi connectivity index (χ4v) is 1.52. The van der Waals surface area contributed by atoms with Gasteiger partial charge in [-0.15, -0.1) is 0 Å². The van der Waals surface area contributed by atoms with E-state index in [9.17, 15) is 9.59 Å². The molecular formula is C13H17NO4. The van der Waals surface area contributed by atoms with Crippen molar-refractivity contribution in [3.63, 3.8) is 0 Å². The van der Waals surface area contributed by atoms with Crippen molar-refractivity contribution in [3.05, 3.63) is 29.8 Å². The normalized spacial score (nSPS) is 9.89. The van der Waals surface area contributed by atoms with E-state index < -0.39 is 12.6 Å². The Morgan fingerprint density at radius 3 is 2.72 bits per heavy atom. The summed E-state index contributed by atoms with van der Waals surface area (Å²) in [6.45, 7) is 2.26. The molecule has 0 aromatic heterocycles. The standard InChI is InChI=1S/C13H17NO4/c1-3-7-14(2)13(17)10-5-4-6-11(8-10)18-9-12(15)16/h4-6,8H,3,7,9H2,1-2H3,(H,15,16). The Labute approximate surface area is 106 Å². The fourth-order valence-electron chi connectivity index (χ4n) is 1.52. The van der Waals surface area contributed by atoms with Gasteiger partial charge in [-0.05, 0) is 24.6 Å². The molecule has 5 heteroatoms. The molecule has 0 radical (unpaired) electrons. The molecule has 0 atom stereocenters. The number of rotatable bonds is 6. The van der Waals surface area contributed by atoms with Gasteiger partial charge in [0.1, 0.15) is 5.75 Å². The van der Waals surface area contributed by atoms with Crippen molar-refractivity contribution in [2.45, 2.75) is 13.3 Å². The number of carbonyl (C=O) groups is 2. The maximum absolute atomic E-state index is 12.0. The highest BCUT2D eigenvalue weighted by Gasteiger charge is 2.11. The summed E-state index contributed by atoms with van der Waals surface area (Å²) in [5.74, 6) is -0.763. The molecule has 0 aliphatic rings. The van der Waals surface area contributed by atoms with E-state index in [1.54, 1.807) is 36.2 Å². The van der Waals surface area contributed by atoms with Gasteiger partial charge in [0.15, 0.2) is 6.61 Å². The molecule has 1 N–H and O–H groups in total. The molecule has 18 heavy (non-hydrogen) atoms. The third kappa shape index (κ3) is 4.08. The lowest BCUT2D eigenvalue weighted by Gasteiger charge is -2.16. The Morgan fingerprint density at radius 2 is 2.11 bits per heavy atom. The Kier molecular flexibility index (Phi) is 5.17. The van der Waals surface area contributed by atoms with E-state index in [4.69, 9.17) is 9.84 Å². The highest BCUT2D eigenvalue weighted by Crippen LogP contribution is 2.14. The zero-order valence-corrected chi connectivity index (χ0v) is 10.5. The van der Waals surface area contributed by atoms with Crippen LogP contribution in [0.1, 0.15) is 23.7 Å². The lowest BCUT2D eigenvalue weighted by atomic mass is 10.2. The van der Waals surface area contributed by atoms with Crippen LogP contribution in [0.5, 0.6) is 5.75 Å². The maximum Gasteiger partial charge on any atom is 0.341 e. The fraction of sp³-hybridized carbons (Fsp3) is 0.385. The van der Waals surface area contributed by atoms with Crippen LogP contribution in [0.3, 0.4) is 0 Å².